The molecule has 9 heteroatoms. The number of aliphatic carboxylic acids is 1. The molecule has 2 saturated carbocycles. The molecule has 5 rings (SSSR count). The van der Waals surface area contributed by atoms with Gasteiger partial charge in [0.2, 0.25) is 17.7 Å². The van der Waals surface area contributed by atoms with Gasteiger partial charge in [0, 0.05) is 35.4 Å². The summed E-state index contributed by atoms with van der Waals surface area (Å²) in [6, 6.07) is 4.03. The van der Waals surface area contributed by atoms with Crippen molar-refractivity contribution in [1.82, 2.24) is 14.9 Å². The van der Waals surface area contributed by atoms with E-state index in [0.717, 1.165) is 37.7 Å². The van der Waals surface area contributed by atoms with Gasteiger partial charge in [0.25, 0.3) is 0 Å². The first-order valence-corrected chi connectivity index (χ1v) is 15.3. The molecule has 0 spiro atoms. The standard InChI is InChI=1S/C33H45N3O6/c1-19(2)42-30-24(14-9-15-34-30)26-28(41-18-23-16-22(20-10-7-11-20)17-35-29(23)40-6)25(33(3,4)5)27(32(38)39)36(26)31(37)21-12-8-13-21/h9,14-17,19-21,25-28H,7-8,10-13,18H2,1-6H3,(H,38,39)/t25-,26+,27+,28+/m1/s1. The van der Waals surface area contributed by atoms with Gasteiger partial charge < -0.3 is 24.2 Å². The molecule has 1 aliphatic heterocycles. The highest BCUT2D eigenvalue weighted by atomic mass is 16.5. The van der Waals surface area contributed by atoms with Crippen molar-refractivity contribution in [2.24, 2.45) is 17.3 Å². The number of carboxylic acids is 1. The molecule has 2 aromatic rings. The monoisotopic (exact) mass is 579 g/mol. The van der Waals surface area contributed by atoms with Crippen LogP contribution in [0.15, 0.2) is 30.6 Å². The molecule has 0 bridgehead atoms. The molecule has 3 heterocycles. The fourth-order valence-electron chi connectivity index (χ4n) is 6.69. The van der Waals surface area contributed by atoms with E-state index in [1.54, 1.807) is 24.3 Å². The maximum Gasteiger partial charge on any atom is 0.326 e. The van der Waals surface area contributed by atoms with Crippen LogP contribution in [-0.2, 0) is 20.9 Å². The zero-order chi connectivity index (χ0) is 30.2. The summed E-state index contributed by atoms with van der Waals surface area (Å²) in [7, 11) is 1.59. The van der Waals surface area contributed by atoms with Crippen LogP contribution in [0.25, 0.3) is 0 Å². The van der Waals surface area contributed by atoms with Crippen LogP contribution in [0.4, 0.5) is 0 Å². The molecular weight excluding hydrogens is 534 g/mol. The number of hydrogen-bond acceptors (Lipinski definition) is 7. The molecule has 1 amide bonds. The molecule has 42 heavy (non-hydrogen) atoms. The average molecular weight is 580 g/mol. The van der Waals surface area contributed by atoms with Crippen LogP contribution in [0.3, 0.4) is 0 Å². The Morgan fingerprint density at radius 3 is 2.36 bits per heavy atom. The number of likely N-dealkylation sites (tertiary alicyclic amines) is 1. The van der Waals surface area contributed by atoms with Crippen LogP contribution in [0.1, 0.15) is 102 Å². The lowest BCUT2D eigenvalue weighted by Gasteiger charge is -2.37. The van der Waals surface area contributed by atoms with Crippen LogP contribution >= 0.6 is 0 Å². The lowest BCUT2D eigenvalue weighted by molar-refractivity contribution is -0.155. The third-order valence-electron chi connectivity index (χ3n) is 9.18. The summed E-state index contributed by atoms with van der Waals surface area (Å²) in [6.07, 6.45) is 8.72. The zero-order valence-electron chi connectivity index (χ0n) is 25.7. The van der Waals surface area contributed by atoms with Crippen molar-refractivity contribution in [3.8, 4) is 11.8 Å². The van der Waals surface area contributed by atoms with E-state index in [0.29, 0.717) is 23.2 Å². The van der Waals surface area contributed by atoms with Gasteiger partial charge in [0.1, 0.15) is 6.04 Å². The lowest BCUT2D eigenvalue weighted by atomic mass is 9.73. The van der Waals surface area contributed by atoms with Crippen molar-refractivity contribution in [1.29, 1.82) is 0 Å². The molecule has 2 aromatic heterocycles. The van der Waals surface area contributed by atoms with Crippen molar-refractivity contribution < 1.29 is 28.9 Å². The number of aromatic nitrogens is 2. The molecule has 3 aliphatic rings. The third kappa shape index (κ3) is 5.85. The Kier molecular flexibility index (Phi) is 8.78. The molecule has 3 fully saturated rings. The number of ether oxygens (including phenoxy) is 3. The highest BCUT2D eigenvalue weighted by molar-refractivity contribution is 5.87. The average Bonchev–Trinajstić information content (AvgIpc) is 3.21. The van der Waals surface area contributed by atoms with Gasteiger partial charge in [-0.1, -0.05) is 33.6 Å². The Balaban J connectivity index is 1.61. The number of pyridine rings is 2. The number of carbonyl (C=O) groups is 2. The summed E-state index contributed by atoms with van der Waals surface area (Å²) in [6.45, 7) is 10.1. The first-order chi connectivity index (χ1) is 20.0. The number of rotatable bonds is 10. The van der Waals surface area contributed by atoms with E-state index < -0.39 is 35.5 Å². The largest absolute Gasteiger partial charge is 0.481 e. The number of nitrogens with zero attached hydrogens (tertiary/aromatic N) is 3. The van der Waals surface area contributed by atoms with Crippen molar-refractivity contribution in [2.45, 2.75) is 110 Å². The Morgan fingerprint density at radius 1 is 1.10 bits per heavy atom. The minimum absolute atomic E-state index is 0.135. The second-order valence-corrected chi connectivity index (χ2v) is 13.4. The SMILES string of the molecule is COc1ncc(C2CCC2)cc1CO[C@H]1[C@H](C(C)(C)C)[C@@H](C(=O)O)N(C(=O)C2CCC2)[C@H]1c1cccnc1OC(C)C. The molecule has 228 valence electrons. The van der Waals surface area contributed by atoms with Crippen molar-refractivity contribution >= 4 is 11.9 Å². The Labute approximate surface area is 249 Å². The van der Waals surface area contributed by atoms with Gasteiger partial charge in [-0.3, -0.25) is 4.79 Å². The molecule has 9 nitrogen and oxygen atoms in total. The smallest absolute Gasteiger partial charge is 0.326 e. The van der Waals surface area contributed by atoms with Gasteiger partial charge in [-0.05, 0) is 74.6 Å². The molecular formula is C33H45N3O6. The van der Waals surface area contributed by atoms with E-state index in [1.165, 1.54) is 12.0 Å². The summed E-state index contributed by atoms with van der Waals surface area (Å²) in [5.41, 5.74) is 2.14. The van der Waals surface area contributed by atoms with Crippen molar-refractivity contribution in [3.05, 3.63) is 47.3 Å². The number of carboxylic acid groups (broad SMARTS) is 1. The molecule has 0 unspecified atom stereocenters. The Hall–Kier alpha value is -3.20. The Morgan fingerprint density at radius 2 is 1.81 bits per heavy atom. The van der Waals surface area contributed by atoms with E-state index in [1.807, 2.05) is 46.9 Å². The van der Waals surface area contributed by atoms with Crippen molar-refractivity contribution in [3.63, 3.8) is 0 Å². The van der Waals surface area contributed by atoms with Crippen LogP contribution < -0.4 is 9.47 Å². The summed E-state index contributed by atoms with van der Waals surface area (Å²) in [5, 5.41) is 10.7. The van der Waals surface area contributed by atoms with E-state index in [2.05, 4.69) is 16.0 Å². The predicted molar refractivity (Wildman–Crippen MR) is 157 cm³/mol. The minimum Gasteiger partial charge on any atom is -0.481 e. The topological polar surface area (TPSA) is 111 Å². The lowest BCUT2D eigenvalue weighted by Crippen LogP contribution is -2.49. The van der Waals surface area contributed by atoms with Gasteiger partial charge in [-0.15, -0.1) is 0 Å². The van der Waals surface area contributed by atoms with E-state index in [9.17, 15) is 14.7 Å². The summed E-state index contributed by atoms with van der Waals surface area (Å²) in [5.74, 6) is -0.496. The van der Waals surface area contributed by atoms with E-state index in [-0.39, 0.29) is 24.5 Å². The Bertz CT molecular complexity index is 1280. The number of amides is 1. The first-order valence-electron chi connectivity index (χ1n) is 15.3. The summed E-state index contributed by atoms with van der Waals surface area (Å²) >= 11 is 0. The highest BCUT2D eigenvalue weighted by Gasteiger charge is 2.60. The molecule has 0 aromatic carbocycles. The van der Waals surface area contributed by atoms with E-state index >= 15 is 0 Å². The number of carbonyl (C=O) groups excluding carboxylic acids is 1. The minimum atomic E-state index is -1.07. The molecule has 4 atom stereocenters. The maximum atomic E-state index is 14.1. The fraction of sp³-hybridized carbons (Fsp3) is 0.636. The van der Waals surface area contributed by atoms with Gasteiger partial charge in [0.15, 0.2) is 0 Å². The molecule has 2 aliphatic carbocycles. The first kappa shape index (κ1) is 30.3. The van der Waals surface area contributed by atoms with Crippen LogP contribution in [0.5, 0.6) is 11.8 Å². The highest BCUT2D eigenvalue weighted by Crippen LogP contribution is 2.52. The number of hydrogen-bond donors (Lipinski definition) is 1. The van der Waals surface area contributed by atoms with Gasteiger partial charge in [-0.2, -0.15) is 0 Å². The van der Waals surface area contributed by atoms with Gasteiger partial charge in [-0.25, -0.2) is 14.8 Å². The predicted octanol–water partition coefficient (Wildman–Crippen LogP) is 5.92. The summed E-state index contributed by atoms with van der Waals surface area (Å²) in [4.78, 5) is 37.9. The quantitative estimate of drug-likeness (QED) is 0.369. The van der Waals surface area contributed by atoms with Gasteiger partial charge in [0.05, 0.1) is 32.0 Å². The van der Waals surface area contributed by atoms with Crippen molar-refractivity contribution in [2.75, 3.05) is 7.11 Å². The van der Waals surface area contributed by atoms with Gasteiger partial charge >= 0.3 is 5.97 Å². The van der Waals surface area contributed by atoms with E-state index in [4.69, 9.17) is 14.2 Å². The fourth-order valence-corrected chi connectivity index (χ4v) is 6.69. The third-order valence-corrected chi connectivity index (χ3v) is 9.18. The normalized spacial score (nSPS) is 24.8. The second-order valence-electron chi connectivity index (χ2n) is 13.4. The number of methoxy groups -OCH3 is 1. The molecule has 1 saturated heterocycles. The van der Waals surface area contributed by atoms with Crippen LogP contribution in [0, 0.1) is 17.3 Å². The maximum absolute atomic E-state index is 14.1. The molecule has 0 radical (unpaired) electrons. The summed E-state index contributed by atoms with van der Waals surface area (Å²) < 4.78 is 18.6. The molecule has 1 N–H and O–H groups in total. The zero-order valence-corrected chi connectivity index (χ0v) is 25.7. The van der Waals surface area contributed by atoms with Crippen LogP contribution in [-0.4, -0.2) is 57.2 Å². The van der Waals surface area contributed by atoms with Crippen LogP contribution in [0.2, 0.25) is 0 Å². The second kappa shape index (κ2) is 12.2.